The molecule has 0 aliphatic carbocycles. The number of hydrogen-bond acceptors (Lipinski definition) is 5. The van der Waals surface area contributed by atoms with Crippen LogP contribution in [0.2, 0.25) is 0 Å². The van der Waals surface area contributed by atoms with Crippen LogP contribution in [0.5, 0.6) is 5.75 Å². The van der Waals surface area contributed by atoms with E-state index in [-0.39, 0.29) is 12.0 Å². The van der Waals surface area contributed by atoms with Crippen molar-refractivity contribution >= 4 is 11.6 Å². The van der Waals surface area contributed by atoms with E-state index in [1.54, 1.807) is 6.07 Å². The summed E-state index contributed by atoms with van der Waals surface area (Å²) in [5, 5.41) is 6.09. The predicted molar refractivity (Wildman–Crippen MR) is 77.7 cm³/mol. The van der Waals surface area contributed by atoms with Crippen molar-refractivity contribution in [3.8, 4) is 5.75 Å². The van der Waals surface area contributed by atoms with E-state index in [1.165, 1.54) is 0 Å². The molecule has 1 unspecified atom stereocenters. The van der Waals surface area contributed by atoms with Crippen LogP contribution in [0.25, 0.3) is 0 Å². The van der Waals surface area contributed by atoms with Crippen LogP contribution < -0.4 is 15.4 Å². The summed E-state index contributed by atoms with van der Waals surface area (Å²) in [7, 11) is 0. The Morgan fingerprint density at radius 1 is 1.48 bits per heavy atom. The van der Waals surface area contributed by atoms with Gasteiger partial charge < -0.3 is 24.8 Å². The molecule has 0 saturated carbocycles. The maximum atomic E-state index is 12.3. The third-order valence-electron chi connectivity index (χ3n) is 3.48. The lowest BCUT2D eigenvalue weighted by molar-refractivity contribution is -0.137. The van der Waals surface area contributed by atoms with Gasteiger partial charge in [0, 0.05) is 13.1 Å². The van der Waals surface area contributed by atoms with Crippen LogP contribution in [-0.4, -0.2) is 44.1 Å². The van der Waals surface area contributed by atoms with Crippen molar-refractivity contribution in [2.75, 3.05) is 31.6 Å². The third kappa shape index (κ3) is 3.11. The van der Waals surface area contributed by atoms with E-state index in [0.29, 0.717) is 31.1 Å². The summed E-state index contributed by atoms with van der Waals surface area (Å²) in [5.74, 6) is -0.122. The molecule has 2 aliphatic heterocycles. The molecule has 0 aromatic heterocycles. The molecule has 1 amide bonds. The number of nitrogens with one attached hydrogen (secondary N) is 2. The number of ether oxygens (including phenoxy) is 3. The van der Waals surface area contributed by atoms with Gasteiger partial charge in [0.1, 0.15) is 12.7 Å². The maximum Gasteiger partial charge on any atom is 0.255 e. The van der Waals surface area contributed by atoms with E-state index >= 15 is 0 Å². The fourth-order valence-corrected chi connectivity index (χ4v) is 2.51. The quantitative estimate of drug-likeness (QED) is 0.880. The molecule has 1 saturated heterocycles. The van der Waals surface area contributed by atoms with Crippen molar-refractivity contribution in [3.05, 3.63) is 23.8 Å². The standard InChI is InChI=1S/C15H20N2O4/c1-15(2)20-9-10(21-15)8-17-14(18)11-4-3-5-12-13(11)19-7-6-16-12/h3-5,10,16H,6-9H2,1-2H3,(H,17,18). The van der Waals surface area contributed by atoms with Crippen LogP contribution in [0.4, 0.5) is 5.69 Å². The summed E-state index contributed by atoms with van der Waals surface area (Å²) in [6.07, 6.45) is -0.123. The summed E-state index contributed by atoms with van der Waals surface area (Å²) < 4.78 is 16.7. The molecular formula is C15H20N2O4. The molecule has 0 radical (unpaired) electrons. The summed E-state index contributed by atoms with van der Waals surface area (Å²) in [6, 6.07) is 5.51. The molecule has 1 atom stereocenters. The minimum Gasteiger partial charge on any atom is -0.489 e. The van der Waals surface area contributed by atoms with Gasteiger partial charge in [0.05, 0.1) is 17.9 Å². The first-order chi connectivity index (χ1) is 10.1. The number of para-hydroxylation sites is 1. The van der Waals surface area contributed by atoms with Crippen molar-refractivity contribution in [1.29, 1.82) is 0 Å². The Bertz CT molecular complexity index is 544. The van der Waals surface area contributed by atoms with Crippen LogP contribution >= 0.6 is 0 Å². The lowest BCUT2D eigenvalue weighted by Gasteiger charge is -2.21. The molecule has 21 heavy (non-hydrogen) atoms. The van der Waals surface area contributed by atoms with Gasteiger partial charge in [-0.1, -0.05) is 6.07 Å². The van der Waals surface area contributed by atoms with Crippen LogP contribution in [0.3, 0.4) is 0 Å². The first-order valence-electron chi connectivity index (χ1n) is 7.15. The van der Waals surface area contributed by atoms with Crippen molar-refractivity contribution < 1.29 is 19.0 Å². The largest absolute Gasteiger partial charge is 0.489 e. The van der Waals surface area contributed by atoms with Gasteiger partial charge in [-0.15, -0.1) is 0 Å². The second-order valence-corrected chi connectivity index (χ2v) is 5.62. The topological polar surface area (TPSA) is 68.8 Å². The van der Waals surface area contributed by atoms with Crippen LogP contribution in [0.15, 0.2) is 18.2 Å². The molecule has 114 valence electrons. The van der Waals surface area contributed by atoms with Gasteiger partial charge in [-0.3, -0.25) is 4.79 Å². The predicted octanol–water partition coefficient (Wildman–Crippen LogP) is 1.37. The maximum absolute atomic E-state index is 12.3. The normalized spacial score (nSPS) is 22.9. The first-order valence-corrected chi connectivity index (χ1v) is 7.15. The zero-order valence-corrected chi connectivity index (χ0v) is 12.3. The van der Waals surface area contributed by atoms with E-state index < -0.39 is 5.79 Å². The van der Waals surface area contributed by atoms with Crippen molar-refractivity contribution in [1.82, 2.24) is 5.32 Å². The Morgan fingerprint density at radius 2 is 2.33 bits per heavy atom. The third-order valence-corrected chi connectivity index (χ3v) is 3.48. The van der Waals surface area contributed by atoms with E-state index in [1.807, 2.05) is 26.0 Å². The Balaban J connectivity index is 1.64. The van der Waals surface area contributed by atoms with Crippen LogP contribution in [0, 0.1) is 0 Å². The Hall–Kier alpha value is -1.79. The zero-order valence-electron chi connectivity index (χ0n) is 12.3. The molecule has 2 N–H and O–H groups in total. The van der Waals surface area contributed by atoms with Crippen LogP contribution in [-0.2, 0) is 9.47 Å². The highest BCUT2D eigenvalue weighted by molar-refractivity contribution is 5.99. The number of rotatable bonds is 3. The molecule has 2 heterocycles. The van der Waals surface area contributed by atoms with E-state index in [4.69, 9.17) is 14.2 Å². The van der Waals surface area contributed by atoms with Gasteiger partial charge in [-0.05, 0) is 26.0 Å². The SMILES string of the molecule is CC1(C)OCC(CNC(=O)c2cccc3c2OCCN3)O1. The molecule has 0 spiro atoms. The van der Waals surface area contributed by atoms with E-state index in [2.05, 4.69) is 10.6 Å². The monoisotopic (exact) mass is 292 g/mol. The van der Waals surface area contributed by atoms with Crippen molar-refractivity contribution in [2.24, 2.45) is 0 Å². The lowest BCUT2D eigenvalue weighted by Crippen LogP contribution is -2.35. The minimum absolute atomic E-state index is 0.123. The highest BCUT2D eigenvalue weighted by atomic mass is 16.7. The molecule has 1 fully saturated rings. The number of amides is 1. The number of carbonyl (C=O) groups is 1. The number of fused-ring (bicyclic) bond motifs is 1. The van der Waals surface area contributed by atoms with Gasteiger partial charge in [0.25, 0.3) is 5.91 Å². The summed E-state index contributed by atoms with van der Waals surface area (Å²) in [6.45, 7) is 5.94. The Morgan fingerprint density at radius 3 is 3.10 bits per heavy atom. The highest BCUT2D eigenvalue weighted by Gasteiger charge is 2.32. The average molecular weight is 292 g/mol. The molecule has 0 bridgehead atoms. The van der Waals surface area contributed by atoms with Gasteiger partial charge in [-0.2, -0.15) is 0 Å². The molecule has 1 aromatic rings. The summed E-state index contributed by atoms with van der Waals surface area (Å²) in [5.41, 5.74) is 1.40. The van der Waals surface area contributed by atoms with Crippen molar-refractivity contribution in [3.63, 3.8) is 0 Å². The van der Waals surface area contributed by atoms with Gasteiger partial charge >= 0.3 is 0 Å². The molecule has 6 heteroatoms. The van der Waals surface area contributed by atoms with Crippen molar-refractivity contribution in [2.45, 2.75) is 25.7 Å². The lowest BCUT2D eigenvalue weighted by atomic mass is 10.1. The Kier molecular flexibility index (Phi) is 3.73. The fraction of sp³-hybridized carbons (Fsp3) is 0.533. The van der Waals surface area contributed by atoms with Gasteiger partial charge in [0.15, 0.2) is 11.5 Å². The number of hydrogen-bond donors (Lipinski definition) is 2. The molecule has 1 aromatic carbocycles. The van der Waals surface area contributed by atoms with Gasteiger partial charge in [0.2, 0.25) is 0 Å². The number of carbonyl (C=O) groups excluding carboxylic acids is 1. The Labute approximate surface area is 123 Å². The summed E-state index contributed by atoms with van der Waals surface area (Å²) >= 11 is 0. The summed E-state index contributed by atoms with van der Waals surface area (Å²) in [4.78, 5) is 12.3. The smallest absolute Gasteiger partial charge is 0.255 e. The van der Waals surface area contributed by atoms with Gasteiger partial charge in [-0.25, -0.2) is 0 Å². The first kappa shape index (κ1) is 14.2. The van der Waals surface area contributed by atoms with E-state index in [0.717, 1.165) is 12.2 Å². The number of benzene rings is 1. The van der Waals surface area contributed by atoms with Crippen LogP contribution in [0.1, 0.15) is 24.2 Å². The number of anilines is 1. The fourth-order valence-electron chi connectivity index (χ4n) is 2.51. The minimum atomic E-state index is -0.575. The molecular weight excluding hydrogens is 272 g/mol. The van der Waals surface area contributed by atoms with E-state index in [9.17, 15) is 4.79 Å². The second-order valence-electron chi connectivity index (χ2n) is 5.62. The zero-order chi connectivity index (χ0) is 14.9. The second kappa shape index (κ2) is 5.54. The molecule has 3 rings (SSSR count). The highest BCUT2D eigenvalue weighted by Crippen LogP contribution is 2.31. The molecule has 6 nitrogen and oxygen atoms in total. The molecule has 2 aliphatic rings. The average Bonchev–Trinajstić information content (AvgIpc) is 2.83.